The number of nitrogens with zero attached hydrogens (tertiary/aromatic N) is 1. The fraction of sp³-hybridized carbons (Fsp3) is 0.391. The molecule has 0 saturated carbocycles. The smallest absolute Gasteiger partial charge is 0.406 e. The lowest BCUT2D eigenvalue weighted by Gasteiger charge is -2.25. The van der Waals surface area contributed by atoms with Gasteiger partial charge in [-0.25, -0.2) is 0 Å². The highest BCUT2D eigenvalue weighted by atomic mass is 35.5. The number of amides is 1. The van der Waals surface area contributed by atoms with Crippen molar-refractivity contribution in [2.24, 2.45) is 5.73 Å². The molecule has 10 heteroatoms. The number of Topliss-reactive ketones (excluding diaryl/α,β-unsaturated/α-hetero) is 1. The highest BCUT2D eigenvalue weighted by Gasteiger charge is 2.32. The number of hydrogen-bond donors (Lipinski definition) is 1. The summed E-state index contributed by atoms with van der Waals surface area (Å²) >= 11 is 1.42. The third-order valence-corrected chi connectivity index (χ3v) is 6.24. The van der Waals surface area contributed by atoms with E-state index in [1.807, 2.05) is 0 Å². The summed E-state index contributed by atoms with van der Waals surface area (Å²) in [4.78, 5) is 27.9. The van der Waals surface area contributed by atoms with Crippen LogP contribution in [0.3, 0.4) is 0 Å². The van der Waals surface area contributed by atoms with E-state index in [4.69, 9.17) is 5.73 Å². The molecule has 1 aliphatic heterocycles. The Hall–Kier alpha value is -2.23. The minimum absolute atomic E-state index is 0. The van der Waals surface area contributed by atoms with Gasteiger partial charge < -0.3 is 15.4 Å². The molecule has 2 N–H and O–H groups in total. The second kappa shape index (κ2) is 11.8. The van der Waals surface area contributed by atoms with Gasteiger partial charge in [0.1, 0.15) is 5.75 Å². The van der Waals surface area contributed by atoms with Crippen LogP contribution in [0.25, 0.3) is 0 Å². The summed E-state index contributed by atoms with van der Waals surface area (Å²) in [5.41, 5.74) is 7.53. The number of alkyl halides is 3. The fourth-order valence-electron chi connectivity index (χ4n) is 3.46. The van der Waals surface area contributed by atoms with E-state index in [1.54, 1.807) is 24.3 Å². The van der Waals surface area contributed by atoms with E-state index in [2.05, 4.69) is 11.7 Å². The molecule has 0 aliphatic carbocycles. The first-order valence-electron chi connectivity index (χ1n) is 10.4. The number of thioether (sulfide) groups is 1. The maximum atomic E-state index is 13.0. The fourth-order valence-corrected chi connectivity index (χ4v) is 4.44. The molecule has 0 radical (unpaired) electrons. The standard InChI is InChI=1S/C23H25F3N2O3S.ClH/c1-2-3-4-8-20(29)16-9-10-21-19(12-16)28(22(30)18(27)14-32-21)13-15-6-5-7-17(11-15)31-23(24,25)26;/h5-7,9-12,18H,2-4,8,13-14,27H2,1H3;1H/t18-;/m0./s1. The van der Waals surface area contributed by atoms with Crippen LogP contribution in [0.2, 0.25) is 0 Å². The SMILES string of the molecule is CCCCCC(=O)c1ccc2c(c1)N(Cc1cccc(OC(F)(F)F)c1)C(=O)[C@@H](N)CS2.Cl. The van der Waals surface area contributed by atoms with Crippen LogP contribution in [0.4, 0.5) is 18.9 Å². The molecule has 180 valence electrons. The van der Waals surface area contributed by atoms with E-state index in [0.29, 0.717) is 29.0 Å². The summed E-state index contributed by atoms with van der Waals surface area (Å²) in [5.74, 6) is -0.360. The van der Waals surface area contributed by atoms with Crippen molar-refractivity contribution in [1.82, 2.24) is 0 Å². The molecule has 1 aliphatic rings. The van der Waals surface area contributed by atoms with Crippen molar-refractivity contribution < 1.29 is 27.5 Å². The Labute approximate surface area is 201 Å². The first-order valence-corrected chi connectivity index (χ1v) is 11.4. The van der Waals surface area contributed by atoms with Crippen molar-refractivity contribution in [2.45, 2.75) is 56.5 Å². The van der Waals surface area contributed by atoms with Crippen molar-refractivity contribution in [3.8, 4) is 5.75 Å². The second-order valence-corrected chi connectivity index (χ2v) is 8.66. The predicted octanol–water partition coefficient (Wildman–Crippen LogP) is 5.74. The predicted molar refractivity (Wildman–Crippen MR) is 125 cm³/mol. The van der Waals surface area contributed by atoms with Crippen LogP contribution < -0.4 is 15.4 Å². The van der Waals surface area contributed by atoms with E-state index >= 15 is 0 Å². The molecule has 3 rings (SSSR count). The summed E-state index contributed by atoms with van der Waals surface area (Å²) in [7, 11) is 0. The quantitative estimate of drug-likeness (QED) is 0.368. The van der Waals surface area contributed by atoms with Crippen molar-refractivity contribution in [3.05, 3.63) is 53.6 Å². The molecule has 5 nitrogen and oxygen atoms in total. The average Bonchev–Trinajstić information content (AvgIpc) is 2.85. The van der Waals surface area contributed by atoms with E-state index in [0.717, 1.165) is 24.2 Å². The van der Waals surface area contributed by atoms with E-state index in [-0.39, 0.29) is 36.4 Å². The summed E-state index contributed by atoms with van der Waals surface area (Å²) in [6, 6.07) is 9.94. The Kier molecular flexibility index (Phi) is 9.63. The number of nitrogens with two attached hydrogens (primary N) is 1. The zero-order chi connectivity index (χ0) is 23.3. The molecule has 1 heterocycles. The van der Waals surface area contributed by atoms with Gasteiger partial charge in [-0.1, -0.05) is 38.0 Å². The van der Waals surface area contributed by atoms with E-state index < -0.39 is 12.4 Å². The van der Waals surface area contributed by atoms with Crippen LogP contribution in [0, 0.1) is 0 Å². The number of halogens is 4. The number of anilines is 1. The third kappa shape index (κ3) is 7.38. The molecular formula is C23H26ClF3N2O3S. The molecular weight excluding hydrogens is 477 g/mol. The number of fused-ring (bicyclic) bond motifs is 1. The number of unbranched alkanes of at least 4 members (excludes halogenated alkanes) is 2. The number of benzene rings is 2. The van der Waals surface area contributed by atoms with Crippen LogP contribution >= 0.6 is 24.2 Å². The Balaban J connectivity index is 0.00000385. The lowest BCUT2D eigenvalue weighted by molar-refractivity contribution is -0.274. The number of hydrogen-bond acceptors (Lipinski definition) is 5. The Morgan fingerprint density at radius 3 is 2.67 bits per heavy atom. The monoisotopic (exact) mass is 502 g/mol. The highest BCUT2D eigenvalue weighted by molar-refractivity contribution is 7.99. The van der Waals surface area contributed by atoms with Gasteiger partial charge in [0.25, 0.3) is 0 Å². The van der Waals surface area contributed by atoms with Crippen LogP contribution in [-0.4, -0.2) is 29.8 Å². The highest BCUT2D eigenvalue weighted by Crippen LogP contribution is 2.36. The number of rotatable bonds is 8. The van der Waals surface area contributed by atoms with E-state index in [9.17, 15) is 22.8 Å². The second-order valence-electron chi connectivity index (χ2n) is 7.60. The van der Waals surface area contributed by atoms with Crippen LogP contribution in [0.15, 0.2) is 47.4 Å². The van der Waals surface area contributed by atoms with Crippen LogP contribution in [0.5, 0.6) is 5.75 Å². The molecule has 0 fully saturated rings. The lowest BCUT2D eigenvalue weighted by Crippen LogP contribution is -2.44. The summed E-state index contributed by atoms with van der Waals surface area (Å²) in [5, 5.41) is 0. The van der Waals surface area contributed by atoms with Gasteiger partial charge in [-0.05, 0) is 36.2 Å². The Bertz CT molecular complexity index is 988. The van der Waals surface area contributed by atoms with E-state index in [1.165, 1.54) is 34.9 Å². The number of ether oxygens (including phenoxy) is 1. The Morgan fingerprint density at radius 1 is 1.21 bits per heavy atom. The maximum absolute atomic E-state index is 13.0. The first kappa shape index (κ1) is 27.0. The number of ketones is 1. The minimum Gasteiger partial charge on any atom is -0.406 e. The maximum Gasteiger partial charge on any atom is 0.573 e. The van der Waals surface area contributed by atoms with Gasteiger partial charge in [-0.3, -0.25) is 9.59 Å². The number of carbonyl (C=O) groups excluding carboxylic acids is 2. The molecule has 0 unspecified atom stereocenters. The zero-order valence-electron chi connectivity index (χ0n) is 18.1. The Morgan fingerprint density at radius 2 is 1.97 bits per heavy atom. The molecule has 2 aromatic carbocycles. The first-order chi connectivity index (χ1) is 15.2. The molecule has 33 heavy (non-hydrogen) atoms. The van der Waals surface area contributed by atoms with Gasteiger partial charge in [0, 0.05) is 22.6 Å². The summed E-state index contributed by atoms with van der Waals surface area (Å²) in [6.45, 7) is 2.06. The molecule has 0 aromatic heterocycles. The van der Waals surface area contributed by atoms with Gasteiger partial charge in [0.15, 0.2) is 5.78 Å². The van der Waals surface area contributed by atoms with Crippen LogP contribution in [-0.2, 0) is 11.3 Å². The van der Waals surface area contributed by atoms with Crippen molar-refractivity contribution >= 4 is 41.5 Å². The summed E-state index contributed by atoms with van der Waals surface area (Å²) < 4.78 is 41.8. The largest absolute Gasteiger partial charge is 0.573 e. The lowest BCUT2D eigenvalue weighted by atomic mass is 10.0. The molecule has 2 aromatic rings. The summed E-state index contributed by atoms with van der Waals surface area (Å²) in [6.07, 6.45) is -1.63. The molecule has 0 bridgehead atoms. The molecule has 0 saturated heterocycles. The molecule has 1 amide bonds. The normalized spacial score (nSPS) is 16.0. The zero-order valence-corrected chi connectivity index (χ0v) is 19.7. The third-order valence-electron chi connectivity index (χ3n) is 5.05. The molecule has 0 spiro atoms. The van der Waals surface area contributed by atoms with Gasteiger partial charge in [0.05, 0.1) is 18.3 Å². The van der Waals surface area contributed by atoms with Gasteiger partial charge in [-0.15, -0.1) is 37.3 Å². The van der Waals surface area contributed by atoms with Crippen molar-refractivity contribution in [2.75, 3.05) is 10.7 Å². The molecule has 1 atom stereocenters. The van der Waals surface area contributed by atoms with Gasteiger partial charge >= 0.3 is 6.36 Å². The average molecular weight is 503 g/mol. The van der Waals surface area contributed by atoms with Crippen LogP contribution in [0.1, 0.15) is 48.5 Å². The minimum atomic E-state index is -4.81. The topological polar surface area (TPSA) is 72.6 Å². The van der Waals surface area contributed by atoms with Crippen molar-refractivity contribution in [3.63, 3.8) is 0 Å². The van der Waals surface area contributed by atoms with Gasteiger partial charge in [-0.2, -0.15) is 0 Å². The van der Waals surface area contributed by atoms with Crippen molar-refractivity contribution in [1.29, 1.82) is 0 Å². The number of carbonyl (C=O) groups is 2. The van der Waals surface area contributed by atoms with Gasteiger partial charge in [0.2, 0.25) is 5.91 Å².